The molecular formula is C11H13ClN6. The van der Waals surface area contributed by atoms with E-state index in [1.807, 2.05) is 13.0 Å². The summed E-state index contributed by atoms with van der Waals surface area (Å²) in [6, 6.07) is 5.19. The van der Waals surface area contributed by atoms with Gasteiger partial charge in [-0.2, -0.15) is 9.94 Å². The van der Waals surface area contributed by atoms with Crippen LogP contribution in [-0.2, 0) is 0 Å². The highest BCUT2D eigenvalue weighted by Gasteiger charge is 2.13. The summed E-state index contributed by atoms with van der Waals surface area (Å²) in [4.78, 5) is 8.41. The molecule has 0 saturated heterocycles. The highest BCUT2D eigenvalue weighted by atomic mass is 35.5. The van der Waals surface area contributed by atoms with E-state index >= 15 is 0 Å². The molecule has 7 heteroatoms. The van der Waals surface area contributed by atoms with Crippen molar-refractivity contribution < 1.29 is 0 Å². The van der Waals surface area contributed by atoms with E-state index in [1.54, 1.807) is 23.7 Å². The predicted molar refractivity (Wildman–Crippen MR) is 68.5 cm³/mol. The van der Waals surface area contributed by atoms with Gasteiger partial charge in [0.05, 0.1) is 11.6 Å². The monoisotopic (exact) mass is 264 g/mol. The highest BCUT2D eigenvalue weighted by Crippen LogP contribution is 2.12. The molecule has 0 amide bonds. The second kappa shape index (κ2) is 5.58. The largest absolute Gasteiger partial charge is 0.322 e. The predicted octanol–water partition coefficient (Wildman–Crippen LogP) is 1.28. The first kappa shape index (κ1) is 14.1. The third-order valence-corrected chi connectivity index (χ3v) is 2.24. The van der Waals surface area contributed by atoms with Gasteiger partial charge >= 0.3 is 0 Å². The molecule has 0 aromatic carbocycles. The van der Waals surface area contributed by atoms with Gasteiger partial charge in [-0.15, -0.1) is 17.5 Å². The van der Waals surface area contributed by atoms with Crippen molar-refractivity contribution in [1.82, 2.24) is 19.7 Å². The number of pyridine rings is 1. The molecule has 0 saturated carbocycles. The van der Waals surface area contributed by atoms with Gasteiger partial charge in [0.1, 0.15) is 11.9 Å². The van der Waals surface area contributed by atoms with Crippen LogP contribution in [0.1, 0.15) is 30.2 Å². The molecule has 0 unspecified atom stereocenters. The van der Waals surface area contributed by atoms with E-state index in [1.165, 1.54) is 6.20 Å². The van der Waals surface area contributed by atoms with Gasteiger partial charge in [0.25, 0.3) is 0 Å². The molecule has 18 heavy (non-hydrogen) atoms. The number of aromatic nitrogens is 4. The van der Waals surface area contributed by atoms with Crippen molar-refractivity contribution in [1.29, 1.82) is 5.26 Å². The Morgan fingerprint density at radius 3 is 2.67 bits per heavy atom. The van der Waals surface area contributed by atoms with E-state index in [-0.39, 0.29) is 18.4 Å². The SMILES string of the molecule is Cc1nc([C@H](C)N)n(-c2ccc(C#N)cn2)n1.Cl. The molecule has 0 spiro atoms. The number of aryl methyl sites for hydroxylation is 1. The Morgan fingerprint density at radius 1 is 1.44 bits per heavy atom. The molecule has 6 nitrogen and oxygen atoms in total. The molecule has 2 N–H and O–H groups in total. The fraction of sp³-hybridized carbons (Fsp3) is 0.273. The zero-order valence-corrected chi connectivity index (χ0v) is 10.8. The summed E-state index contributed by atoms with van der Waals surface area (Å²) in [6.07, 6.45) is 1.50. The maximum Gasteiger partial charge on any atom is 0.155 e. The van der Waals surface area contributed by atoms with Crippen molar-refractivity contribution in [2.75, 3.05) is 0 Å². The van der Waals surface area contributed by atoms with E-state index in [4.69, 9.17) is 11.0 Å². The van der Waals surface area contributed by atoms with Gasteiger partial charge in [0.15, 0.2) is 11.6 Å². The number of nitriles is 1. The second-order valence-corrected chi connectivity index (χ2v) is 3.73. The molecule has 0 aliphatic rings. The lowest BCUT2D eigenvalue weighted by atomic mass is 10.3. The Balaban J connectivity index is 0.00000162. The third-order valence-electron chi connectivity index (χ3n) is 2.24. The van der Waals surface area contributed by atoms with Crippen LogP contribution in [0.25, 0.3) is 5.82 Å². The average Bonchev–Trinajstić information content (AvgIpc) is 2.72. The number of nitrogens with two attached hydrogens (primary N) is 1. The second-order valence-electron chi connectivity index (χ2n) is 3.73. The Kier molecular flexibility index (Phi) is 4.37. The van der Waals surface area contributed by atoms with Crippen molar-refractivity contribution in [3.8, 4) is 11.9 Å². The molecule has 0 bridgehead atoms. The van der Waals surface area contributed by atoms with E-state index < -0.39 is 0 Å². The highest BCUT2D eigenvalue weighted by molar-refractivity contribution is 5.85. The Labute approximate surface area is 111 Å². The summed E-state index contributed by atoms with van der Waals surface area (Å²) in [5.74, 6) is 1.90. The molecule has 0 aliphatic heterocycles. The van der Waals surface area contributed by atoms with E-state index in [9.17, 15) is 0 Å². The zero-order chi connectivity index (χ0) is 12.4. The van der Waals surface area contributed by atoms with Crippen molar-refractivity contribution in [3.05, 3.63) is 35.5 Å². The van der Waals surface area contributed by atoms with E-state index in [2.05, 4.69) is 15.1 Å². The van der Waals surface area contributed by atoms with Crippen LogP contribution in [-0.4, -0.2) is 19.7 Å². The van der Waals surface area contributed by atoms with E-state index in [0.717, 1.165) is 0 Å². The maximum atomic E-state index is 8.70. The Bertz CT molecular complexity index is 566. The van der Waals surface area contributed by atoms with Crippen LogP contribution < -0.4 is 5.73 Å². The Morgan fingerprint density at radius 2 is 2.17 bits per heavy atom. The van der Waals surface area contributed by atoms with Crippen LogP contribution in [0.4, 0.5) is 0 Å². The van der Waals surface area contributed by atoms with Crippen LogP contribution >= 0.6 is 12.4 Å². The summed E-state index contributed by atoms with van der Waals surface area (Å²) >= 11 is 0. The van der Waals surface area contributed by atoms with Gasteiger partial charge in [-0.05, 0) is 26.0 Å². The number of halogens is 1. The summed E-state index contributed by atoms with van der Waals surface area (Å²) in [6.45, 7) is 3.63. The van der Waals surface area contributed by atoms with E-state index in [0.29, 0.717) is 23.0 Å². The summed E-state index contributed by atoms with van der Waals surface area (Å²) in [5.41, 5.74) is 6.33. The fourth-order valence-electron chi connectivity index (χ4n) is 1.47. The minimum absolute atomic E-state index is 0. The minimum atomic E-state index is -0.228. The average molecular weight is 265 g/mol. The molecule has 0 fully saturated rings. The molecule has 2 rings (SSSR count). The van der Waals surface area contributed by atoms with Crippen molar-refractivity contribution >= 4 is 12.4 Å². The lowest BCUT2D eigenvalue weighted by Gasteiger charge is -2.06. The molecule has 2 aromatic heterocycles. The summed E-state index contributed by atoms with van der Waals surface area (Å²) in [5, 5.41) is 12.9. The molecular weight excluding hydrogens is 252 g/mol. The van der Waals surface area contributed by atoms with Crippen molar-refractivity contribution in [2.45, 2.75) is 19.9 Å². The number of nitrogens with zero attached hydrogens (tertiary/aromatic N) is 5. The van der Waals surface area contributed by atoms with Gasteiger partial charge in [-0.1, -0.05) is 0 Å². The van der Waals surface area contributed by atoms with Gasteiger partial charge in [-0.3, -0.25) is 0 Å². The minimum Gasteiger partial charge on any atom is -0.322 e. The quantitative estimate of drug-likeness (QED) is 0.882. The van der Waals surface area contributed by atoms with Crippen LogP contribution in [0.15, 0.2) is 18.3 Å². The standard InChI is InChI=1S/C11H12N6.ClH/c1-7(13)11-15-8(2)16-17(11)10-4-3-9(5-12)6-14-10;/h3-4,6-7H,13H2,1-2H3;1H/t7-;/m0./s1. The van der Waals surface area contributed by atoms with Crippen LogP contribution in [0.2, 0.25) is 0 Å². The first-order valence-electron chi connectivity index (χ1n) is 5.17. The van der Waals surface area contributed by atoms with Gasteiger partial charge in [0.2, 0.25) is 0 Å². The molecule has 0 aliphatic carbocycles. The normalized spacial score (nSPS) is 11.4. The molecule has 0 radical (unpaired) electrons. The Hall–Kier alpha value is -1.97. The first-order chi connectivity index (χ1) is 8.11. The van der Waals surface area contributed by atoms with Crippen LogP contribution in [0, 0.1) is 18.3 Å². The van der Waals surface area contributed by atoms with Gasteiger partial charge in [-0.25, -0.2) is 9.97 Å². The van der Waals surface area contributed by atoms with Crippen molar-refractivity contribution in [3.63, 3.8) is 0 Å². The number of hydrogen-bond acceptors (Lipinski definition) is 5. The third kappa shape index (κ3) is 2.64. The van der Waals surface area contributed by atoms with Crippen molar-refractivity contribution in [2.24, 2.45) is 5.73 Å². The van der Waals surface area contributed by atoms with Gasteiger partial charge in [0, 0.05) is 6.20 Å². The number of hydrogen-bond donors (Lipinski definition) is 1. The summed E-state index contributed by atoms with van der Waals surface area (Å²) in [7, 11) is 0. The van der Waals surface area contributed by atoms with Crippen LogP contribution in [0.5, 0.6) is 0 Å². The van der Waals surface area contributed by atoms with Crippen LogP contribution in [0.3, 0.4) is 0 Å². The molecule has 2 heterocycles. The molecule has 94 valence electrons. The first-order valence-corrected chi connectivity index (χ1v) is 5.17. The number of rotatable bonds is 2. The fourth-order valence-corrected chi connectivity index (χ4v) is 1.47. The van der Waals surface area contributed by atoms with Gasteiger partial charge < -0.3 is 5.73 Å². The smallest absolute Gasteiger partial charge is 0.155 e. The summed E-state index contributed by atoms with van der Waals surface area (Å²) < 4.78 is 1.60. The lowest BCUT2D eigenvalue weighted by molar-refractivity contribution is 0.680. The zero-order valence-electron chi connectivity index (χ0n) is 10.0. The molecule has 2 aromatic rings. The maximum absolute atomic E-state index is 8.70. The molecule has 1 atom stereocenters. The lowest BCUT2D eigenvalue weighted by Crippen LogP contribution is -2.14. The topological polar surface area (TPSA) is 93.4 Å².